The number of amides is 1. The molecule has 1 aromatic heterocycles. The summed E-state index contributed by atoms with van der Waals surface area (Å²) in [5, 5.41) is 0.571. The molecule has 0 radical (unpaired) electrons. The molecule has 2 aromatic carbocycles. The minimum absolute atomic E-state index is 0.0686. The van der Waals surface area contributed by atoms with E-state index in [1.165, 1.54) is 15.7 Å². The molecule has 1 atom stereocenters. The number of imidazole rings is 1. The molecule has 202 valence electrons. The molecule has 2 N–H and O–H groups in total. The zero-order valence-corrected chi connectivity index (χ0v) is 24.3. The van der Waals surface area contributed by atoms with Gasteiger partial charge in [0.1, 0.15) is 5.54 Å². The number of rotatable bonds is 10. The minimum Gasteiger partial charge on any atom is -0.465 e. The van der Waals surface area contributed by atoms with Crippen LogP contribution in [0.1, 0.15) is 25.3 Å². The van der Waals surface area contributed by atoms with Gasteiger partial charge in [0, 0.05) is 20.9 Å². The number of hydrogen-bond acceptors (Lipinski definition) is 7. The highest BCUT2D eigenvalue weighted by atomic mass is 79.9. The average Bonchev–Trinajstić information content (AvgIpc) is 3.38. The minimum atomic E-state index is -3.87. The van der Waals surface area contributed by atoms with Gasteiger partial charge in [-0.2, -0.15) is 0 Å². The van der Waals surface area contributed by atoms with Gasteiger partial charge in [-0.25, -0.2) is 18.3 Å². The normalized spacial score (nSPS) is 17.1. The Morgan fingerprint density at radius 1 is 1.13 bits per heavy atom. The molecule has 13 heteroatoms. The van der Waals surface area contributed by atoms with Crippen LogP contribution in [0.5, 0.6) is 0 Å². The summed E-state index contributed by atoms with van der Waals surface area (Å²) in [4.78, 5) is 31.0. The van der Waals surface area contributed by atoms with E-state index in [1.807, 2.05) is 24.3 Å². The molecule has 0 fully saturated rings. The van der Waals surface area contributed by atoms with Crippen LogP contribution in [-0.2, 0) is 36.1 Å². The number of unbranched alkanes of at least 4 members (excludes halogenated alkanes) is 1. The number of sulfone groups is 1. The van der Waals surface area contributed by atoms with Crippen LogP contribution in [0, 0.1) is 0 Å². The number of esters is 1. The lowest BCUT2D eigenvalue weighted by Crippen LogP contribution is -2.42. The molecule has 1 aliphatic rings. The van der Waals surface area contributed by atoms with Crippen molar-refractivity contribution in [3.63, 3.8) is 0 Å². The molecule has 9 nitrogen and oxygen atoms in total. The maximum atomic E-state index is 14.0. The lowest BCUT2D eigenvalue weighted by molar-refractivity contribution is -0.142. The molecule has 0 spiro atoms. The highest BCUT2D eigenvalue weighted by Gasteiger charge is 2.51. The second-order valence-electron chi connectivity index (χ2n) is 9.03. The van der Waals surface area contributed by atoms with E-state index < -0.39 is 21.3 Å². The topological polar surface area (TPSA) is 125 Å². The first kappa shape index (κ1) is 28.6. The maximum Gasteiger partial charge on any atom is 0.319 e. The van der Waals surface area contributed by atoms with Crippen LogP contribution in [0.4, 0.5) is 11.6 Å². The van der Waals surface area contributed by atoms with Crippen molar-refractivity contribution in [1.29, 1.82) is 0 Å². The van der Waals surface area contributed by atoms with E-state index in [4.69, 9.17) is 33.7 Å². The smallest absolute Gasteiger partial charge is 0.319 e. The molecular formula is C25H25BrCl2N4O5S. The predicted octanol–water partition coefficient (Wildman–Crippen LogP) is 4.64. The van der Waals surface area contributed by atoms with Crippen LogP contribution in [0.3, 0.4) is 0 Å². The van der Waals surface area contributed by atoms with Gasteiger partial charge in [0.15, 0.2) is 14.9 Å². The van der Waals surface area contributed by atoms with Gasteiger partial charge >= 0.3 is 5.97 Å². The van der Waals surface area contributed by atoms with Crippen LogP contribution < -0.4 is 10.6 Å². The summed E-state index contributed by atoms with van der Waals surface area (Å²) in [5.74, 6) is -0.982. The first-order chi connectivity index (χ1) is 18.0. The van der Waals surface area contributed by atoms with Crippen molar-refractivity contribution in [2.24, 2.45) is 5.73 Å². The third-order valence-corrected chi connectivity index (χ3v) is 8.91. The average molecular weight is 644 g/mol. The van der Waals surface area contributed by atoms with Gasteiger partial charge in [-0.1, -0.05) is 51.3 Å². The number of carbonyl (C=O) groups excluding carboxylic acids is 2. The van der Waals surface area contributed by atoms with E-state index in [0.29, 0.717) is 22.2 Å². The van der Waals surface area contributed by atoms with Crippen LogP contribution in [0.2, 0.25) is 10.0 Å². The van der Waals surface area contributed by atoms with E-state index in [-0.39, 0.29) is 48.6 Å². The van der Waals surface area contributed by atoms with Crippen molar-refractivity contribution in [3.05, 3.63) is 68.7 Å². The number of hydrogen-bond donors (Lipinski definition) is 1. The number of anilines is 2. The molecule has 2 heterocycles. The maximum absolute atomic E-state index is 14.0. The van der Waals surface area contributed by atoms with Crippen molar-refractivity contribution in [1.82, 2.24) is 9.55 Å². The van der Waals surface area contributed by atoms with E-state index in [0.717, 1.165) is 10.0 Å². The number of benzene rings is 2. The highest BCUT2D eigenvalue weighted by Crippen LogP contribution is 2.44. The largest absolute Gasteiger partial charge is 0.465 e. The van der Waals surface area contributed by atoms with Crippen LogP contribution >= 0.6 is 39.1 Å². The fraction of sp³-hybridized carbons (Fsp3) is 0.320. The molecule has 3 aromatic rings. The molecular weight excluding hydrogens is 619 g/mol. The molecule has 0 bridgehead atoms. The summed E-state index contributed by atoms with van der Waals surface area (Å²) in [5.41, 5.74) is 5.11. The quantitative estimate of drug-likeness (QED) is 0.252. The molecule has 1 amide bonds. The Bertz CT molecular complexity index is 1460. The molecule has 0 saturated heterocycles. The van der Waals surface area contributed by atoms with Gasteiger partial charge in [0.05, 0.1) is 30.8 Å². The second kappa shape index (κ2) is 11.4. The molecule has 38 heavy (non-hydrogen) atoms. The van der Waals surface area contributed by atoms with Gasteiger partial charge in [0.2, 0.25) is 5.95 Å². The van der Waals surface area contributed by atoms with Crippen molar-refractivity contribution >= 4 is 72.5 Å². The van der Waals surface area contributed by atoms with Gasteiger partial charge < -0.3 is 10.5 Å². The Labute approximate surface area is 238 Å². The van der Waals surface area contributed by atoms with Crippen molar-refractivity contribution in [2.75, 3.05) is 23.8 Å². The summed E-state index contributed by atoms with van der Waals surface area (Å²) in [6.45, 7) is 1.53. The number of ether oxygens (including phenoxy) is 1. The summed E-state index contributed by atoms with van der Waals surface area (Å²) in [6.07, 6.45) is 2.06. The third kappa shape index (κ3) is 5.76. The van der Waals surface area contributed by atoms with E-state index in [1.54, 1.807) is 25.1 Å². The van der Waals surface area contributed by atoms with Gasteiger partial charge in [0.25, 0.3) is 5.91 Å². The SMILES string of the molecule is C[C@@]1(Cc2ccc(Br)cc2)C(=O)N(c2cc(Cl)cc(Cl)c2)c2ncc(S(=O)(=O)CCCCOC(=O)CN)n21. The monoisotopic (exact) mass is 642 g/mol. The summed E-state index contributed by atoms with van der Waals surface area (Å²) in [6, 6.07) is 12.2. The van der Waals surface area contributed by atoms with Crippen molar-refractivity contribution in [3.8, 4) is 0 Å². The van der Waals surface area contributed by atoms with Gasteiger partial charge in [-0.05, 0) is 55.7 Å². The molecule has 0 saturated carbocycles. The Morgan fingerprint density at radius 2 is 1.79 bits per heavy atom. The Balaban J connectivity index is 1.73. The Hall–Kier alpha value is -2.44. The molecule has 0 aliphatic carbocycles. The summed E-state index contributed by atoms with van der Waals surface area (Å²) < 4.78 is 34.2. The zero-order chi connectivity index (χ0) is 27.7. The molecule has 1 aliphatic heterocycles. The van der Waals surface area contributed by atoms with E-state index in [2.05, 4.69) is 20.9 Å². The van der Waals surface area contributed by atoms with E-state index in [9.17, 15) is 18.0 Å². The third-order valence-electron chi connectivity index (χ3n) is 6.19. The Kier molecular flexibility index (Phi) is 8.53. The van der Waals surface area contributed by atoms with Crippen LogP contribution in [-0.4, -0.2) is 48.7 Å². The lowest BCUT2D eigenvalue weighted by atomic mass is 9.92. The number of aromatic nitrogens is 2. The van der Waals surface area contributed by atoms with Crippen molar-refractivity contribution < 1.29 is 22.7 Å². The van der Waals surface area contributed by atoms with Crippen LogP contribution in [0.25, 0.3) is 0 Å². The summed E-state index contributed by atoms with van der Waals surface area (Å²) >= 11 is 15.9. The Morgan fingerprint density at radius 3 is 2.42 bits per heavy atom. The number of halogens is 3. The number of nitrogens with zero attached hydrogens (tertiary/aromatic N) is 3. The standard InChI is InChI=1S/C25H25BrCl2N4O5S/c1-25(13-16-4-6-17(26)7-5-16)23(34)31(20-11-18(27)10-19(28)12-20)24-30-15-21(32(24)25)38(35,36)9-3-2-8-37-22(33)14-29/h4-7,10-12,15H,2-3,8-9,13-14,29H2,1H3/t25-/m1/s1. The number of nitrogens with two attached hydrogens (primary N) is 1. The molecule has 4 rings (SSSR count). The first-order valence-corrected chi connectivity index (χ1v) is 14.9. The number of fused-ring (bicyclic) bond motifs is 1. The number of carbonyl (C=O) groups is 2. The second-order valence-corrected chi connectivity index (χ2v) is 12.9. The van der Waals surface area contributed by atoms with Crippen LogP contribution in [0.15, 0.2) is 58.2 Å². The fourth-order valence-electron chi connectivity index (χ4n) is 4.39. The lowest BCUT2D eigenvalue weighted by Gasteiger charge is -2.26. The van der Waals surface area contributed by atoms with Gasteiger partial charge in [-0.3, -0.25) is 14.2 Å². The van der Waals surface area contributed by atoms with Gasteiger partial charge in [-0.15, -0.1) is 0 Å². The zero-order valence-electron chi connectivity index (χ0n) is 20.4. The first-order valence-electron chi connectivity index (χ1n) is 11.7. The fourth-order valence-corrected chi connectivity index (χ4v) is 6.74. The predicted molar refractivity (Wildman–Crippen MR) is 149 cm³/mol. The molecule has 0 unspecified atom stereocenters. The van der Waals surface area contributed by atoms with Crippen molar-refractivity contribution in [2.45, 2.75) is 36.8 Å². The summed E-state index contributed by atoms with van der Waals surface area (Å²) in [7, 11) is -3.87. The highest BCUT2D eigenvalue weighted by molar-refractivity contribution is 9.10. The van der Waals surface area contributed by atoms with E-state index >= 15 is 0 Å².